The van der Waals surface area contributed by atoms with E-state index in [1.165, 1.54) is 0 Å². The first kappa shape index (κ1) is 8.12. The lowest BCUT2D eigenvalue weighted by atomic mass is 10.2. The summed E-state index contributed by atoms with van der Waals surface area (Å²) in [6, 6.07) is 7.23. The quantitative estimate of drug-likeness (QED) is 0.533. The zero-order valence-electron chi connectivity index (χ0n) is 6.64. The Kier molecular flexibility index (Phi) is 1.94. The van der Waals surface area contributed by atoms with E-state index in [4.69, 9.17) is 10.2 Å². The largest absolute Gasteiger partial charge is 0.411 e. The SMILES string of the molecule is Nc1cccc(-c2nnc(S)o2)c1. The molecule has 66 valence electrons. The molecule has 0 aliphatic heterocycles. The Morgan fingerprint density at radius 3 is 2.77 bits per heavy atom. The van der Waals surface area contributed by atoms with Gasteiger partial charge in [-0.15, -0.1) is 10.2 Å². The third-order valence-corrected chi connectivity index (χ3v) is 1.73. The van der Waals surface area contributed by atoms with Crippen molar-refractivity contribution in [1.82, 2.24) is 10.2 Å². The van der Waals surface area contributed by atoms with Crippen LogP contribution in [0.5, 0.6) is 0 Å². The number of aromatic nitrogens is 2. The fourth-order valence-corrected chi connectivity index (χ4v) is 1.14. The summed E-state index contributed by atoms with van der Waals surface area (Å²) in [6.07, 6.45) is 0. The lowest BCUT2D eigenvalue weighted by Gasteiger charge is -1.95. The molecule has 2 aromatic rings. The van der Waals surface area contributed by atoms with Crippen LogP contribution in [0.15, 0.2) is 33.9 Å². The molecule has 0 saturated heterocycles. The van der Waals surface area contributed by atoms with E-state index in [0.29, 0.717) is 11.6 Å². The summed E-state index contributed by atoms with van der Waals surface area (Å²) in [5.41, 5.74) is 7.06. The van der Waals surface area contributed by atoms with Crippen molar-refractivity contribution in [3.05, 3.63) is 24.3 Å². The standard InChI is InChI=1S/C8H7N3OS/c9-6-3-1-2-5(4-6)7-10-11-8(13)12-7/h1-4H,9H2,(H,11,13). The molecule has 0 atom stereocenters. The maximum atomic E-state index is 5.59. The second-order valence-electron chi connectivity index (χ2n) is 2.52. The Bertz CT molecular complexity index is 427. The number of anilines is 1. The molecule has 1 aromatic carbocycles. The molecular formula is C8H7N3OS. The lowest BCUT2D eigenvalue weighted by Crippen LogP contribution is -1.84. The summed E-state index contributed by atoms with van der Waals surface area (Å²) in [6.45, 7) is 0. The summed E-state index contributed by atoms with van der Waals surface area (Å²) in [5, 5.41) is 7.66. The molecule has 2 N–H and O–H groups in total. The van der Waals surface area contributed by atoms with Gasteiger partial charge in [-0.25, -0.2) is 0 Å². The predicted molar refractivity (Wildman–Crippen MR) is 51.4 cm³/mol. The van der Waals surface area contributed by atoms with Crippen LogP contribution in [-0.4, -0.2) is 10.2 Å². The number of hydrogen-bond acceptors (Lipinski definition) is 5. The van der Waals surface area contributed by atoms with Gasteiger partial charge in [0.05, 0.1) is 0 Å². The van der Waals surface area contributed by atoms with Crippen molar-refractivity contribution in [2.75, 3.05) is 5.73 Å². The van der Waals surface area contributed by atoms with Crippen molar-refractivity contribution in [3.63, 3.8) is 0 Å². The Hall–Kier alpha value is -1.49. The molecule has 4 nitrogen and oxygen atoms in total. The topological polar surface area (TPSA) is 64.9 Å². The Balaban J connectivity index is 2.46. The van der Waals surface area contributed by atoms with E-state index in [0.717, 1.165) is 5.56 Å². The minimum atomic E-state index is 0.248. The number of hydrogen-bond donors (Lipinski definition) is 2. The van der Waals surface area contributed by atoms with Gasteiger partial charge in [-0.05, 0) is 18.2 Å². The van der Waals surface area contributed by atoms with Crippen LogP contribution >= 0.6 is 12.6 Å². The maximum Gasteiger partial charge on any atom is 0.273 e. The van der Waals surface area contributed by atoms with Gasteiger partial charge in [-0.2, -0.15) is 0 Å². The van der Waals surface area contributed by atoms with Gasteiger partial charge in [-0.1, -0.05) is 18.7 Å². The number of nitrogens with zero attached hydrogens (tertiary/aromatic N) is 2. The van der Waals surface area contributed by atoms with Gasteiger partial charge in [0, 0.05) is 11.3 Å². The predicted octanol–water partition coefficient (Wildman–Crippen LogP) is 1.61. The molecule has 13 heavy (non-hydrogen) atoms. The highest BCUT2D eigenvalue weighted by Crippen LogP contribution is 2.20. The van der Waals surface area contributed by atoms with E-state index >= 15 is 0 Å². The van der Waals surface area contributed by atoms with E-state index in [2.05, 4.69) is 22.8 Å². The smallest absolute Gasteiger partial charge is 0.273 e. The minimum absolute atomic E-state index is 0.248. The molecule has 2 rings (SSSR count). The number of rotatable bonds is 1. The van der Waals surface area contributed by atoms with Crippen molar-refractivity contribution in [3.8, 4) is 11.5 Å². The van der Waals surface area contributed by atoms with Crippen LogP contribution in [0, 0.1) is 0 Å². The highest BCUT2D eigenvalue weighted by molar-refractivity contribution is 7.80. The summed E-state index contributed by atoms with van der Waals surface area (Å²) >= 11 is 3.91. The third kappa shape index (κ3) is 1.65. The van der Waals surface area contributed by atoms with E-state index in [1.54, 1.807) is 12.1 Å². The van der Waals surface area contributed by atoms with Crippen LogP contribution in [0.1, 0.15) is 0 Å². The Labute approximate surface area is 80.2 Å². The summed E-state index contributed by atoms with van der Waals surface area (Å²) in [5.74, 6) is 0.428. The first-order chi connectivity index (χ1) is 6.25. The molecule has 0 saturated carbocycles. The van der Waals surface area contributed by atoms with Crippen molar-refractivity contribution in [2.24, 2.45) is 0 Å². The number of nitrogens with two attached hydrogens (primary N) is 1. The van der Waals surface area contributed by atoms with Crippen LogP contribution < -0.4 is 5.73 Å². The monoisotopic (exact) mass is 193 g/mol. The van der Waals surface area contributed by atoms with Gasteiger partial charge in [-0.3, -0.25) is 0 Å². The second-order valence-corrected chi connectivity index (χ2v) is 2.90. The zero-order valence-corrected chi connectivity index (χ0v) is 7.53. The summed E-state index contributed by atoms with van der Waals surface area (Å²) < 4.78 is 5.11. The molecule has 1 heterocycles. The van der Waals surface area contributed by atoms with Crippen LogP contribution in [0.4, 0.5) is 5.69 Å². The molecule has 0 radical (unpaired) electrons. The van der Waals surface area contributed by atoms with E-state index in [-0.39, 0.29) is 5.22 Å². The average Bonchev–Trinajstić information content (AvgIpc) is 2.52. The van der Waals surface area contributed by atoms with Crippen molar-refractivity contribution < 1.29 is 4.42 Å². The van der Waals surface area contributed by atoms with Crippen LogP contribution in [-0.2, 0) is 0 Å². The minimum Gasteiger partial charge on any atom is -0.411 e. The van der Waals surface area contributed by atoms with Crippen LogP contribution in [0.2, 0.25) is 0 Å². The lowest BCUT2D eigenvalue weighted by molar-refractivity contribution is 0.468. The fraction of sp³-hybridized carbons (Fsp3) is 0. The molecule has 0 spiro atoms. The van der Waals surface area contributed by atoms with Crippen LogP contribution in [0.3, 0.4) is 0 Å². The van der Waals surface area contributed by atoms with E-state index in [1.807, 2.05) is 12.1 Å². The van der Waals surface area contributed by atoms with Crippen LogP contribution in [0.25, 0.3) is 11.5 Å². The number of thiol groups is 1. The third-order valence-electron chi connectivity index (χ3n) is 1.55. The molecule has 0 bridgehead atoms. The molecule has 0 fully saturated rings. The molecule has 0 aliphatic carbocycles. The Morgan fingerprint density at radius 1 is 1.31 bits per heavy atom. The summed E-state index contributed by atoms with van der Waals surface area (Å²) in [4.78, 5) is 0. The van der Waals surface area contributed by atoms with Crippen molar-refractivity contribution in [1.29, 1.82) is 0 Å². The van der Waals surface area contributed by atoms with Gasteiger partial charge in [0.2, 0.25) is 5.89 Å². The van der Waals surface area contributed by atoms with Gasteiger partial charge >= 0.3 is 0 Å². The normalized spacial score (nSPS) is 10.2. The molecular weight excluding hydrogens is 186 g/mol. The highest BCUT2D eigenvalue weighted by atomic mass is 32.1. The number of nitrogen functional groups attached to an aromatic ring is 1. The highest BCUT2D eigenvalue weighted by Gasteiger charge is 2.05. The number of benzene rings is 1. The molecule has 0 unspecified atom stereocenters. The molecule has 0 amide bonds. The van der Waals surface area contributed by atoms with Crippen molar-refractivity contribution in [2.45, 2.75) is 5.22 Å². The van der Waals surface area contributed by atoms with Gasteiger partial charge in [0.25, 0.3) is 5.22 Å². The average molecular weight is 193 g/mol. The fourth-order valence-electron chi connectivity index (χ4n) is 1.00. The molecule has 1 aromatic heterocycles. The zero-order chi connectivity index (χ0) is 9.26. The first-order valence-corrected chi connectivity index (χ1v) is 4.09. The summed E-state index contributed by atoms with van der Waals surface area (Å²) in [7, 11) is 0. The van der Waals surface area contributed by atoms with Gasteiger partial charge in [0.15, 0.2) is 0 Å². The Morgan fingerprint density at radius 2 is 2.15 bits per heavy atom. The van der Waals surface area contributed by atoms with Gasteiger partial charge in [0.1, 0.15) is 0 Å². The molecule has 0 aliphatic rings. The molecule has 5 heteroatoms. The maximum absolute atomic E-state index is 5.59. The van der Waals surface area contributed by atoms with Gasteiger partial charge < -0.3 is 10.2 Å². The van der Waals surface area contributed by atoms with Crippen molar-refractivity contribution >= 4 is 18.3 Å². The first-order valence-electron chi connectivity index (χ1n) is 3.64. The van der Waals surface area contributed by atoms with E-state index in [9.17, 15) is 0 Å². The second kappa shape index (κ2) is 3.10. The van der Waals surface area contributed by atoms with E-state index < -0.39 is 0 Å².